The third-order valence-corrected chi connectivity index (χ3v) is 16.4. The SMILES string of the molecule is CCCCC(CC)COCC(CC)(COCC(CC)CCCC)COc1c(C)csc1C(=O)CCC(=O)c1scc2c1OCC(COCC(CC)CCCC)(COCC(CC)CCCC)CO2. The zero-order chi connectivity index (χ0) is 48.9. The topological polar surface area (TPSA) is 98.8 Å². The molecule has 9 nitrogen and oxygen atoms in total. The quantitative estimate of drug-likeness (QED) is 0.0603. The summed E-state index contributed by atoms with van der Waals surface area (Å²) in [5.74, 6) is 3.52. The van der Waals surface area contributed by atoms with Crippen LogP contribution < -0.4 is 14.2 Å². The van der Waals surface area contributed by atoms with Crippen LogP contribution in [-0.4, -0.2) is 84.2 Å². The second-order valence-corrected chi connectivity index (χ2v) is 21.9. The Morgan fingerprint density at radius 2 is 1.03 bits per heavy atom. The molecule has 0 aliphatic carbocycles. The molecule has 386 valence electrons. The number of unbranched alkanes of at least 4 members (excludes halogenated alkanes) is 4. The minimum Gasteiger partial charge on any atom is -0.491 e. The Labute approximate surface area is 416 Å². The van der Waals surface area contributed by atoms with Gasteiger partial charge in [0.1, 0.15) is 28.7 Å². The van der Waals surface area contributed by atoms with Crippen LogP contribution in [0.5, 0.6) is 17.2 Å². The molecule has 0 bridgehead atoms. The zero-order valence-corrected chi connectivity index (χ0v) is 45.8. The van der Waals surface area contributed by atoms with Crippen molar-refractivity contribution >= 4 is 34.2 Å². The normalized spacial score (nSPS) is 17.7. The lowest BCUT2D eigenvalue weighted by Crippen LogP contribution is -2.43. The number of ketones is 2. The second-order valence-electron chi connectivity index (χ2n) is 20.1. The molecule has 0 saturated carbocycles. The van der Waals surface area contributed by atoms with E-state index in [4.69, 9.17) is 33.2 Å². The Balaban J connectivity index is 1.71. The average molecular weight is 978 g/mol. The van der Waals surface area contributed by atoms with E-state index >= 15 is 0 Å². The molecule has 0 amide bonds. The second kappa shape index (κ2) is 33.5. The first-order valence-electron chi connectivity index (χ1n) is 27.0. The summed E-state index contributed by atoms with van der Waals surface area (Å²) in [4.78, 5) is 29.0. The molecule has 0 aromatic carbocycles. The van der Waals surface area contributed by atoms with E-state index in [1.807, 2.05) is 17.7 Å². The van der Waals surface area contributed by atoms with Gasteiger partial charge in [-0.05, 0) is 68.1 Å². The molecule has 2 aromatic heterocycles. The number of Topliss-reactive ketones (excluding diaryl/α,β-unsaturated/α-hetero) is 2. The molecule has 0 spiro atoms. The summed E-state index contributed by atoms with van der Waals surface area (Å²) >= 11 is 2.72. The third-order valence-electron chi connectivity index (χ3n) is 14.3. The fourth-order valence-corrected chi connectivity index (χ4v) is 10.6. The Bertz CT molecular complexity index is 1570. The highest BCUT2D eigenvalue weighted by Crippen LogP contribution is 2.43. The first-order valence-corrected chi connectivity index (χ1v) is 28.7. The highest BCUT2D eigenvalue weighted by atomic mass is 32.1. The predicted molar refractivity (Wildman–Crippen MR) is 279 cm³/mol. The summed E-state index contributed by atoms with van der Waals surface area (Å²) < 4.78 is 45.7. The number of ether oxygens (including phenoxy) is 7. The molecule has 11 heteroatoms. The zero-order valence-electron chi connectivity index (χ0n) is 44.2. The summed E-state index contributed by atoms with van der Waals surface area (Å²) in [6.07, 6.45) is 19.5. The highest BCUT2D eigenvalue weighted by Gasteiger charge is 2.39. The van der Waals surface area contributed by atoms with E-state index in [2.05, 4.69) is 62.3 Å². The van der Waals surface area contributed by atoms with Gasteiger partial charge in [-0.1, -0.05) is 139 Å². The summed E-state index contributed by atoms with van der Waals surface area (Å²) in [5, 5.41) is 3.84. The van der Waals surface area contributed by atoms with E-state index in [9.17, 15) is 9.59 Å². The molecule has 67 heavy (non-hydrogen) atoms. The van der Waals surface area contributed by atoms with Crippen molar-refractivity contribution in [2.24, 2.45) is 34.5 Å². The fraction of sp³-hybridized carbons (Fsp3) is 0.821. The van der Waals surface area contributed by atoms with Crippen LogP contribution in [0.15, 0.2) is 10.8 Å². The van der Waals surface area contributed by atoms with Gasteiger partial charge < -0.3 is 33.2 Å². The largest absolute Gasteiger partial charge is 0.491 e. The molecule has 2 aromatic rings. The van der Waals surface area contributed by atoms with E-state index in [1.54, 1.807) is 0 Å². The van der Waals surface area contributed by atoms with E-state index in [0.29, 0.717) is 110 Å². The minimum atomic E-state index is -0.529. The van der Waals surface area contributed by atoms with Crippen LogP contribution in [0.4, 0.5) is 0 Å². The summed E-state index contributed by atoms with van der Waals surface area (Å²) in [6, 6.07) is 0. The van der Waals surface area contributed by atoms with Gasteiger partial charge in [-0.3, -0.25) is 9.59 Å². The molecule has 3 heterocycles. The van der Waals surface area contributed by atoms with Gasteiger partial charge in [0.2, 0.25) is 0 Å². The molecule has 1 aliphatic rings. The molecule has 0 saturated heterocycles. The molecular weight excluding hydrogens is 881 g/mol. The smallest absolute Gasteiger partial charge is 0.182 e. The number of thiophene rings is 2. The van der Waals surface area contributed by atoms with Crippen LogP contribution in [0, 0.1) is 41.4 Å². The van der Waals surface area contributed by atoms with Crippen LogP contribution >= 0.6 is 22.7 Å². The molecule has 0 N–H and O–H groups in total. The maximum absolute atomic E-state index is 14.0. The lowest BCUT2D eigenvalue weighted by molar-refractivity contribution is -0.0715. The number of carbonyl (C=O) groups excluding carboxylic acids is 2. The number of rotatable bonds is 41. The molecule has 4 unspecified atom stereocenters. The maximum Gasteiger partial charge on any atom is 0.182 e. The first-order chi connectivity index (χ1) is 32.5. The Morgan fingerprint density at radius 3 is 1.48 bits per heavy atom. The van der Waals surface area contributed by atoms with Gasteiger partial charge in [-0.25, -0.2) is 0 Å². The van der Waals surface area contributed by atoms with Crippen LogP contribution in [0.3, 0.4) is 0 Å². The van der Waals surface area contributed by atoms with E-state index in [0.717, 1.165) is 63.7 Å². The number of hydrogen-bond acceptors (Lipinski definition) is 11. The van der Waals surface area contributed by atoms with Crippen molar-refractivity contribution in [3.05, 3.63) is 26.1 Å². The van der Waals surface area contributed by atoms with Crippen molar-refractivity contribution in [3.8, 4) is 17.2 Å². The Kier molecular flexibility index (Phi) is 29.7. The monoisotopic (exact) mass is 977 g/mol. The van der Waals surface area contributed by atoms with Crippen molar-refractivity contribution in [3.63, 3.8) is 0 Å². The van der Waals surface area contributed by atoms with E-state index in [-0.39, 0.29) is 29.8 Å². The Hall–Kier alpha value is -2.02. The van der Waals surface area contributed by atoms with Gasteiger partial charge in [0.15, 0.2) is 23.1 Å². The van der Waals surface area contributed by atoms with Gasteiger partial charge in [0, 0.05) is 50.2 Å². The standard InChI is InChI=1S/C56H96O9S2/c1-11-20-24-44(15-5)30-59-36-55(19-9,37-60-31-45(16-6)25-21-12-2)40-64-51-43(10)34-66-53(51)48(57)28-29-49(58)54-52-50(35-67-54)63-41-56(42-65-52,38-61-32-46(17-7)26-22-13-3)39-62-33-47(18-8)27-23-14-4/h34-35,44-47H,11-33,36-42H2,1-10H3. The van der Waals surface area contributed by atoms with Gasteiger partial charge in [0.25, 0.3) is 0 Å². The van der Waals surface area contributed by atoms with Gasteiger partial charge in [-0.15, -0.1) is 22.7 Å². The van der Waals surface area contributed by atoms with Crippen LogP contribution in [0.1, 0.15) is 209 Å². The lowest BCUT2D eigenvalue weighted by atomic mass is 9.87. The van der Waals surface area contributed by atoms with Gasteiger partial charge >= 0.3 is 0 Å². The maximum atomic E-state index is 14.0. The van der Waals surface area contributed by atoms with Gasteiger partial charge in [0.05, 0.1) is 43.9 Å². The average Bonchev–Trinajstić information content (AvgIpc) is 3.89. The minimum absolute atomic E-state index is 0.0586. The van der Waals surface area contributed by atoms with Crippen molar-refractivity contribution < 1.29 is 42.7 Å². The van der Waals surface area contributed by atoms with Crippen LogP contribution in [-0.2, 0) is 18.9 Å². The molecule has 1 aliphatic heterocycles. The summed E-state index contributed by atoms with van der Waals surface area (Å²) in [7, 11) is 0. The Morgan fingerprint density at radius 1 is 0.597 bits per heavy atom. The van der Waals surface area contributed by atoms with Crippen molar-refractivity contribution in [2.75, 3.05) is 72.7 Å². The van der Waals surface area contributed by atoms with Crippen LogP contribution in [0.2, 0.25) is 0 Å². The lowest BCUT2D eigenvalue weighted by Gasteiger charge is -2.33. The molecule has 0 fully saturated rings. The van der Waals surface area contributed by atoms with E-state index in [1.165, 1.54) is 86.9 Å². The van der Waals surface area contributed by atoms with Gasteiger partial charge in [-0.2, -0.15) is 0 Å². The van der Waals surface area contributed by atoms with Crippen molar-refractivity contribution in [2.45, 2.75) is 191 Å². The summed E-state index contributed by atoms with van der Waals surface area (Å²) in [6.45, 7) is 28.0. The fourth-order valence-electron chi connectivity index (χ4n) is 8.74. The number of fused-ring (bicyclic) bond motifs is 1. The molecular formula is C56H96O9S2. The number of aryl methyl sites for hydroxylation is 1. The highest BCUT2D eigenvalue weighted by molar-refractivity contribution is 7.13. The number of hydrogen-bond donors (Lipinski definition) is 0. The van der Waals surface area contributed by atoms with E-state index < -0.39 is 5.41 Å². The first kappa shape index (κ1) is 59.3. The van der Waals surface area contributed by atoms with Crippen LogP contribution in [0.25, 0.3) is 0 Å². The molecule has 0 radical (unpaired) electrons. The van der Waals surface area contributed by atoms with Crippen molar-refractivity contribution in [1.29, 1.82) is 0 Å². The summed E-state index contributed by atoms with van der Waals surface area (Å²) in [5.41, 5.74) is 0.0231. The van der Waals surface area contributed by atoms with Crippen molar-refractivity contribution in [1.82, 2.24) is 0 Å². The molecule has 4 atom stereocenters. The predicted octanol–water partition coefficient (Wildman–Crippen LogP) is 15.4. The number of carbonyl (C=O) groups is 2. The molecule has 3 rings (SSSR count). The third kappa shape index (κ3) is 20.3.